The van der Waals surface area contributed by atoms with Crippen molar-refractivity contribution in [2.75, 3.05) is 5.75 Å². The number of rotatable bonds is 5. The lowest BCUT2D eigenvalue weighted by atomic mass is 10.0. The Kier molecular flexibility index (Phi) is 4.95. The van der Waals surface area contributed by atoms with Crippen LogP contribution in [0.15, 0.2) is 24.3 Å². The molecule has 0 amide bonds. The molecule has 0 aromatic heterocycles. The van der Waals surface area contributed by atoms with Gasteiger partial charge in [-0.05, 0) is 36.8 Å². The molecule has 1 aromatic rings. The molecule has 2 atom stereocenters. The van der Waals surface area contributed by atoms with Gasteiger partial charge >= 0.3 is 0 Å². The molecule has 1 saturated carbocycles. The molecule has 1 fully saturated rings. The van der Waals surface area contributed by atoms with Gasteiger partial charge in [0.05, 0.1) is 0 Å². The highest BCUT2D eigenvalue weighted by Crippen LogP contribution is 2.27. The van der Waals surface area contributed by atoms with Gasteiger partial charge in [-0.1, -0.05) is 37.1 Å². The molecule has 0 heterocycles. The van der Waals surface area contributed by atoms with Crippen LogP contribution in [0.4, 0.5) is 0 Å². The molecule has 2 rings (SSSR count). The van der Waals surface area contributed by atoms with E-state index in [1.807, 2.05) is 12.1 Å². The zero-order valence-electron chi connectivity index (χ0n) is 11.1. The number of nitrogens with two attached hydrogens (primary N) is 1. The van der Waals surface area contributed by atoms with E-state index in [2.05, 4.69) is 19.1 Å². The van der Waals surface area contributed by atoms with Crippen LogP contribution in [-0.2, 0) is 16.6 Å². The maximum absolute atomic E-state index is 12.2. The fraction of sp³-hybridized carbons (Fsp3) is 0.600. The molecule has 0 spiro atoms. The molecule has 0 aliphatic heterocycles. The number of hydrogen-bond donors (Lipinski definition) is 1. The lowest BCUT2D eigenvalue weighted by molar-refractivity contribution is 0.460. The first kappa shape index (κ1) is 13.8. The first-order chi connectivity index (χ1) is 8.66. The highest BCUT2D eigenvalue weighted by Gasteiger charge is 2.23. The molecule has 0 bridgehead atoms. The third-order valence-corrected chi connectivity index (χ3v) is 5.35. The zero-order chi connectivity index (χ0) is 13.0. The van der Waals surface area contributed by atoms with Gasteiger partial charge in [0.1, 0.15) is 0 Å². The van der Waals surface area contributed by atoms with Crippen molar-refractivity contribution in [3.05, 3.63) is 35.4 Å². The van der Waals surface area contributed by atoms with Gasteiger partial charge in [0.15, 0.2) is 0 Å². The Bertz CT molecular complexity index is 413. The molecule has 2 nitrogen and oxygen atoms in total. The summed E-state index contributed by atoms with van der Waals surface area (Å²) in [4.78, 5) is 0. The summed E-state index contributed by atoms with van der Waals surface area (Å²) in [5, 5.41) is 0. The number of benzene rings is 1. The monoisotopic (exact) mass is 265 g/mol. The van der Waals surface area contributed by atoms with Gasteiger partial charge in [-0.15, -0.1) is 0 Å². The van der Waals surface area contributed by atoms with Crippen LogP contribution in [0.1, 0.15) is 36.8 Å². The second-order valence-electron chi connectivity index (χ2n) is 5.39. The normalized spacial score (nSPS) is 19.9. The highest BCUT2D eigenvalue weighted by atomic mass is 32.2. The van der Waals surface area contributed by atoms with Gasteiger partial charge < -0.3 is 5.73 Å². The maximum atomic E-state index is 12.2. The van der Waals surface area contributed by atoms with Crippen molar-refractivity contribution < 1.29 is 4.21 Å². The van der Waals surface area contributed by atoms with Gasteiger partial charge in [0.2, 0.25) is 0 Å². The van der Waals surface area contributed by atoms with E-state index in [4.69, 9.17) is 5.73 Å². The van der Waals surface area contributed by atoms with Gasteiger partial charge in [-0.2, -0.15) is 0 Å². The second-order valence-corrected chi connectivity index (χ2v) is 6.89. The standard InChI is InChI=1S/C15H23NOS/c1-12-6-2-3-9-14(12)10-18(17)11-15(16)13-7-4-5-8-13/h2-3,6,9,13,15H,4-5,7-8,10-11,16H2,1H3. The Morgan fingerprint density at radius 1 is 1.33 bits per heavy atom. The third-order valence-electron chi connectivity index (χ3n) is 3.96. The van der Waals surface area contributed by atoms with Crippen LogP contribution in [-0.4, -0.2) is 16.0 Å². The molecule has 1 aliphatic rings. The van der Waals surface area contributed by atoms with Crippen LogP contribution in [0.3, 0.4) is 0 Å². The van der Waals surface area contributed by atoms with Crippen LogP contribution in [0.2, 0.25) is 0 Å². The zero-order valence-corrected chi connectivity index (χ0v) is 11.9. The van der Waals surface area contributed by atoms with E-state index in [1.165, 1.54) is 36.8 Å². The molecule has 18 heavy (non-hydrogen) atoms. The highest BCUT2D eigenvalue weighted by molar-refractivity contribution is 7.84. The van der Waals surface area contributed by atoms with E-state index in [-0.39, 0.29) is 6.04 Å². The number of aryl methyl sites for hydroxylation is 1. The second kappa shape index (κ2) is 6.48. The predicted molar refractivity (Wildman–Crippen MR) is 77.8 cm³/mol. The minimum atomic E-state index is -0.832. The molecule has 3 heteroatoms. The molecular weight excluding hydrogens is 242 g/mol. The first-order valence-electron chi connectivity index (χ1n) is 6.82. The Hall–Kier alpha value is -0.670. The van der Waals surface area contributed by atoms with Crippen molar-refractivity contribution in [2.24, 2.45) is 11.7 Å². The molecular formula is C15H23NOS. The van der Waals surface area contributed by atoms with Crippen molar-refractivity contribution in [2.45, 2.75) is 44.4 Å². The Balaban J connectivity index is 1.86. The molecule has 1 aromatic carbocycles. The van der Waals surface area contributed by atoms with E-state index in [9.17, 15) is 4.21 Å². The summed E-state index contributed by atoms with van der Waals surface area (Å²) in [6.45, 7) is 2.07. The van der Waals surface area contributed by atoms with E-state index < -0.39 is 10.8 Å². The van der Waals surface area contributed by atoms with Crippen molar-refractivity contribution in [1.29, 1.82) is 0 Å². The molecule has 1 aliphatic carbocycles. The van der Waals surface area contributed by atoms with E-state index >= 15 is 0 Å². The quantitative estimate of drug-likeness (QED) is 0.889. The number of hydrogen-bond acceptors (Lipinski definition) is 2. The van der Waals surface area contributed by atoms with Crippen LogP contribution in [0, 0.1) is 12.8 Å². The molecule has 2 unspecified atom stereocenters. The summed E-state index contributed by atoms with van der Waals surface area (Å²) in [6, 6.07) is 8.29. The van der Waals surface area contributed by atoms with Crippen LogP contribution in [0.5, 0.6) is 0 Å². The summed E-state index contributed by atoms with van der Waals surface area (Å²) in [5.41, 5.74) is 8.59. The summed E-state index contributed by atoms with van der Waals surface area (Å²) >= 11 is 0. The fourth-order valence-electron chi connectivity index (χ4n) is 2.74. The average Bonchev–Trinajstić information content (AvgIpc) is 2.85. The van der Waals surface area contributed by atoms with Crippen LogP contribution >= 0.6 is 0 Å². The minimum Gasteiger partial charge on any atom is -0.327 e. The van der Waals surface area contributed by atoms with Crippen molar-refractivity contribution >= 4 is 10.8 Å². The molecule has 2 N–H and O–H groups in total. The SMILES string of the molecule is Cc1ccccc1CS(=O)CC(N)C1CCCC1. The lowest BCUT2D eigenvalue weighted by Gasteiger charge is -2.18. The molecule has 100 valence electrons. The molecule has 0 saturated heterocycles. The van der Waals surface area contributed by atoms with E-state index in [0.717, 1.165) is 0 Å². The Labute approximate surface area is 112 Å². The lowest BCUT2D eigenvalue weighted by Crippen LogP contribution is -2.34. The van der Waals surface area contributed by atoms with Gasteiger partial charge in [0.25, 0.3) is 0 Å². The van der Waals surface area contributed by atoms with Crippen molar-refractivity contribution in [3.8, 4) is 0 Å². The predicted octanol–water partition coefficient (Wildman–Crippen LogP) is 2.76. The summed E-state index contributed by atoms with van der Waals surface area (Å²) in [7, 11) is -0.832. The summed E-state index contributed by atoms with van der Waals surface area (Å²) in [5.74, 6) is 1.90. The fourth-order valence-corrected chi connectivity index (χ4v) is 4.23. The van der Waals surface area contributed by atoms with Crippen molar-refractivity contribution in [1.82, 2.24) is 0 Å². The van der Waals surface area contributed by atoms with Crippen LogP contribution < -0.4 is 5.73 Å². The largest absolute Gasteiger partial charge is 0.327 e. The average molecular weight is 265 g/mol. The summed E-state index contributed by atoms with van der Waals surface area (Å²) < 4.78 is 12.2. The van der Waals surface area contributed by atoms with Gasteiger partial charge in [-0.3, -0.25) is 4.21 Å². The smallest absolute Gasteiger partial charge is 0.0488 e. The molecule has 0 radical (unpaired) electrons. The summed E-state index contributed by atoms with van der Waals surface area (Å²) in [6.07, 6.45) is 5.04. The Morgan fingerprint density at radius 3 is 2.67 bits per heavy atom. The maximum Gasteiger partial charge on any atom is 0.0488 e. The topological polar surface area (TPSA) is 43.1 Å². The van der Waals surface area contributed by atoms with E-state index in [0.29, 0.717) is 17.4 Å². The van der Waals surface area contributed by atoms with Gasteiger partial charge in [0, 0.05) is 28.3 Å². The Morgan fingerprint density at radius 2 is 2.00 bits per heavy atom. The minimum absolute atomic E-state index is 0.123. The van der Waals surface area contributed by atoms with Crippen molar-refractivity contribution in [3.63, 3.8) is 0 Å². The van der Waals surface area contributed by atoms with E-state index in [1.54, 1.807) is 0 Å². The third kappa shape index (κ3) is 3.66. The first-order valence-corrected chi connectivity index (χ1v) is 8.30. The van der Waals surface area contributed by atoms with Gasteiger partial charge in [-0.25, -0.2) is 0 Å². The van der Waals surface area contributed by atoms with Crippen LogP contribution in [0.25, 0.3) is 0 Å².